The van der Waals surface area contributed by atoms with Gasteiger partial charge in [0.05, 0.1) is 41.4 Å². The molecule has 18 nitrogen and oxygen atoms in total. The van der Waals surface area contributed by atoms with Gasteiger partial charge in [-0.05, 0) is 30.3 Å². The van der Waals surface area contributed by atoms with Crippen LogP contribution in [-0.4, -0.2) is 80.9 Å². The predicted molar refractivity (Wildman–Crippen MR) is 184 cm³/mol. The second-order valence-electron chi connectivity index (χ2n) is 10.3. The van der Waals surface area contributed by atoms with Crippen LogP contribution in [0, 0.1) is 41.8 Å². The van der Waals surface area contributed by atoms with Gasteiger partial charge in [-0.3, -0.25) is 19.3 Å². The number of H-pyrrole nitrogens is 1. The molecule has 0 atom stereocenters. The number of carbonyl (C=O) groups is 4. The molecule has 0 spiro atoms. The van der Waals surface area contributed by atoms with Crippen molar-refractivity contribution in [2.75, 3.05) is 17.7 Å². The van der Waals surface area contributed by atoms with E-state index in [9.17, 15) is 23.6 Å². The van der Waals surface area contributed by atoms with E-state index in [-0.39, 0.29) is 45.4 Å². The van der Waals surface area contributed by atoms with Crippen molar-refractivity contribution in [1.82, 2.24) is 44.9 Å². The Morgan fingerprint density at radius 1 is 0.963 bits per heavy atom. The molecule has 264 valence electrons. The summed E-state index contributed by atoms with van der Waals surface area (Å²) in [5, 5.41) is 37.4. The number of hydrogen-bond acceptors (Lipinski definition) is 13. The van der Waals surface area contributed by atoms with Gasteiger partial charge >= 0.3 is 11.9 Å². The minimum absolute atomic E-state index is 0.00806. The summed E-state index contributed by atoms with van der Waals surface area (Å²) in [4.78, 5) is 63.7. The largest absolute Gasteiger partial charge is 0.478 e. The number of carbonyl (C=O) groups excluding carboxylic acids is 3. The number of pyridine rings is 1. The summed E-state index contributed by atoms with van der Waals surface area (Å²) in [6.07, 6.45) is 21.4. The van der Waals surface area contributed by atoms with E-state index >= 15 is 0 Å². The van der Waals surface area contributed by atoms with Gasteiger partial charge in [-0.1, -0.05) is 11.8 Å². The van der Waals surface area contributed by atoms with Gasteiger partial charge < -0.3 is 20.5 Å². The van der Waals surface area contributed by atoms with Crippen LogP contribution in [0.2, 0.25) is 0 Å². The first-order valence-electron chi connectivity index (χ1n) is 14.9. The molecule has 0 bridgehead atoms. The Morgan fingerprint density at radius 2 is 1.69 bits per heavy atom. The molecule has 5 aromatic heterocycles. The number of carboxylic acid groups (broad SMARTS) is 1. The number of rotatable bonds is 8. The van der Waals surface area contributed by atoms with Crippen LogP contribution in [0.1, 0.15) is 58.8 Å². The molecule has 0 radical (unpaired) electrons. The fourth-order valence-corrected chi connectivity index (χ4v) is 4.37. The molecule has 4 N–H and O–H groups in total. The number of anilines is 2. The Hall–Kier alpha value is -8.63. The Labute approximate surface area is 303 Å². The number of hydrogen-bond donors (Lipinski definition) is 4. The van der Waals surface area contributed by atoms with Crippen LogP contribution in [0.5, 0.6) is 0 Å². The first kappa shape index (κ1) is 36.6. The monoisotopic (exact) mass is 724 g/mol. The van der Waals surface area contributed by atoms with Crippen molar-refractivity contribution in [3.05, 3.63) is 119 Å². The molecule has 1 aromatic carbocycles. The third-order valence-electron chi connectivity index (χ3n) is 6.99. The van der Waals surface area contributed by atoms with E-state index in [2.05, 4.69) is 67.5 Å². The molecular weight excluding hydrogens is 703 g/mol. The van der Waals surface area contributed by atoms with Gasteiger partial charge in [0.25, 0.3) is 11.8 Å². The van der Waals surface area contributed by atoms with Gasteiger partial charge in [0.15, 0.2) is 22.9 Å². The number of aromatic amines is 1. The molecule has 0 saturated heterocycles. The van der Waals surface area contributed by atoms with Crippen molar-refractivity contribution in [3.8, 4) is 47.7 Å². The van der Waals surface area contributed by atoms with E-state index in [0.29, 0.717) is 11.4 Å². The molecule has 6 rings (SSSR count). The maximum atomic E-state index is 13.7. The quantitative estimate of drug-likeness (QED) is 0.130. The summed E-state index contributed by atoms with van der Waals surface area (Å²) >= 11 is 0. The molecule has 5 heterocycles. The van der Waals surface area contributed by atoms with E-state index < -0.39 is 35.1 Å². The SMILES string of the molecule is C#Cc1cc(NC(=O)c2ccc(-n3ccnc3)nn2)c(C(=O)OC)nc1C#N.C#Cc1cc(NC(=O)c2ncc(-c3cn[nH]c3)cn2)c(C(=O)O)cc1F. The molecule has 0 aliphatic carbocycles. The lowest BCUT2D eigenvalue weighted by molar-refractivity contribution is 0.0594. The average Bonchev–Trinajstić information content (AvgIpc) is 3.94. The second-order valence-corrected chi connectivity index (χ2v) is 10.3. The fraction of sp³-hybridized carbons (Fsp3) is 0.0286. The number of ether oxygens (including phenoxy) is 1. The highest BCUT2D eigenvalue weighted by Gasteiger charge is 2.21. The van der Waals surface area contributed by atoms with Gasteiger partial charge in [0, 0.05) is 42.1 Å². The zero-order valence-corrected chi connectivity index (χ0v) is 27.5. The highest BCUT2D eigenvalue weighted by atomic mass is 19.1. The predicted octanol–water partition coefficient (Wildman–Crippen LogP) is 2.89. The van der Waals surface area contributed by atoms with Gasteiger partial charge in [-0.15, -0.1) is 23.0 Å². The minimum Gasteiger partial charge on any atom is -0.478 e. The first-order chi connectivity index (χ1) is 26.1. The lowest BCUT2D eigenvalue weighted by Crippen LogP contribution is -2.19. The van der Waals surface area contributed by atoms with Crippen LogP contribution in [0.4, 0.5) is 15.8 Å². The standard InChI is InChI=1S/C18H11N7O3.C17H10FN5O3/c1-3-11-8-13(16(18(27)28-2)21-14(11)9-19)22-17(26)12-4-5-15(24-23-12)25-7-6-20-10-25;1-2-9-3-14(12(17(25)26)4-13(9)18)23-16(24)15-19-5-10(6-20-15)11-7-21-22-8-11/h1,4-8,10H,2H3,(H,22,26);1,3-8H,(H,21,22)(H,23,24)(H,25,26). The van der Waals surface area contributed by atoms with Crippen LogP contribution < -0.4 is 10.6 Å². The Kier molecular flexibility index (Phi) is 11.1. The van der Waals surface area contributed by atoms with Crippen molar-refractivity contribution >= 4 is 35.1 Å². The van der Waals surface area contributed by atoms with Gasteiger partial charge in [-0.25, -0.2) is 33.9 Å². The van der Waals surface area contributed by atoms with E-state index in [4.69, 9.17) is 23.2 Å². The Bertz CT molecular complexity index is 2500. The van der Waals surface area contributed by atoms with Crippen LogP contribution >= 0.6 is 0 Å². The maximum absolute atomic E-state index is 13.7. The lowest BCUT2D eigenvalue weighted by Gasteiger charge is -2.10. The average molecular weight is 725 g/mol. The normalized spacial score (nSPS) is 9.98. The molecule has 0 aliphatic rings. The van der Waals surface area contributed by atoms with Gasteiger partial charge in [0.1, 0.15) is 18.2 Å². The van der Waals surface area contributed by atoms with E-state index in [1.165, 1.54) is 30.9 Å². The first-order valence-corrected chi connectivity index (χ1v) is 14.9. The summed E-state index contributed by atoms with van der Waals surface area (Å²) in [5.41, 5.74) is 0.313. The summed E-state index contributed by atoms with van der Waals surface area (Å²) < 4.78 is 19.9. The van der Waals surface area contributed by atoms with Crippen molar-refractivity contribution in [1.29, 1.82) is 5.26 Å². The number of nitrogens with zero attached hydrogens (tertiary/aromatic N) is 9. The summed E-state index contributed by atoms with van der Waals surface area (Å²) in [6.45, 7) is 0. The summed E-state index contributed by atoms with van der Waals surface area (Å²) in [5.74, 6) is 0.100. The molecule has 19 heteroatoms. The highest BCUT2D eigenvalue weighted by molar-refractivity contribution is 6.07. The molecular formula is C35H21FN12O6. The van der Waals surface area contributed by atoms with Crippen molar-refractivity contribution in [2.45, 2.75) is 0 Å². The number of aromatic carboxylic acids is 1. The zero-order chi connectivity index (χ0) is 38.8. The fourth-order valence-electron chi connectivity index (χ4n) is 4.37. The number of benzene rings is 1. The number of amides is 2. The molecule has 0 unspecified atom stereocenters. The molecule has 0 saturated carbocycles. The molecule has 2 amide bonds. The number of halogens is 1. The molecule has 6 aromatic rings. The second kappa shape index (κ2) is 16.4. The summed E-state index contributed by atoms with van der Waals surface area (Å²) in [7, 11) is 1.15. The van der Waals surface area contributed by atoms with E-state index in [1.807, 2.05) is 0 Å². The number of terminal acetylenes is 2. The number of esters is 1. The van der Waals surface area contributed by atoms with Crippen molar-refractivity contribution < 1.29 is 33.4 Å². The zero-order valence-electron chi connectivity index (χ0n) is 27.5. The number of nitrogens with one attached hydrogen (secondary N) is 3. The maximum Gasteiger partial charge on any atom is 0.358 e. The minimum atomic E-state index is -1.42. The van der Waals surface area contributed by atoms with Crippen molar-refractivity contribution in [3.63, 3.8) is 0 Å². The highest BCUT2D eigenvalue weighted by Crippen LogP contribution is 2.22. The number of methoxy groups -OCH3 is 1. The molecule has 0 aliphatic heterocycles. The molecule has 54 heavy (non-hydrogen) atoms. The van der Waals surface area contributed by atoms with E-state index in [0.717, 1.165) is 24.8 Å². The number of aromatic nitrogens is 9. The topological polar surface area (TPSA) is 257 Å². The molecule has 0 fully saturated rings. The van der Waals surface area contributed by atoms with Gasteiger partial charge in [-0.2, -0.15) is 10.4 Å². The van der Waals surface area contributed by atoms with E-state index in [1.54, 1.807) is 41.5 Å². The number of nitriles is 1. The number of imidazole rings is 1. The van der Waals surface area contributed by atoms with Crippen LogP contribution in [0.25, 0.3) is 16.9 Å². The van der Waals surface area contributed by atoms with Crippen LogP contribution in [0.15, 0.2) is 73.8 Å². The third kappa shape index (κ3) is 8.21. The smallest absolute Gasteiger partial charge is 0.358 e. The summed E-state index contributed by atoms with van der Waals surface area (Å²) in [6, 6.07) is 7.93. The van der Waals surface area contributed by atoms with Gasteiger partial charge in [0.2, 0.25) is 5.82 Å². The lowest BCUT2D eigenvalue weighted by atomic mass is 10.1. The van der Waals surface area contributed by atoms with Crippen LogP contribution in [0.3, 0.4) is 0 Å². The Morgan fingerprint density at radius 3 is 2.26 bits per heavy atom. The number of carboxylic acids is 1. The third-order valence-corrected chi connectivity index (χ3v) is 6.99. The Balaban J connectivity index is 0.000000208. The van der Waals surface area contributed by atoms with Crippen molar-refractivity contribution in [2.24, 2.45) is 0 Å². The van der Waals surface area contributed by atoms with Crippen LogP contribution in [-0.2, 0) is 4.74 Å².